The lowest BCUT2D eigenvalue weighted by molar-refractivity contribution is 0.102. The summed E-state index contributed by atoms with van der Waals surface area (Å²) in [7, 11) is -3.41. The Balaban J connectivity index is 1.60. The van der Waals surface area contributed by atoms with Crippen molar-refractivity contribution in [2.45, 2.75) is 50.5 Å². The van der Waals surface area contributed by atoms with Gasteiger partial charge in [-0.3, -0.25) is 4.79 Å². The SMILES string of the molecule is Cc1cc(NC(=O)c2ccc(S(C)(=O)=O)cc2N2CCC3(CC2)CC3)nc(NCC(C)O)n1. The summed E-state index contributed by atoms with van der Waals surface area (Å²) in [6, 6.07) is 6.31. The normalized spacial score (nSPS) is 18.1. The first-order chi connectivity index (χ1) is 15.5. The minimum Gasteiger partial charge on any atom is -0.392 e. The van der Waals surface area contributed by atoms with Crippen LogP contribution in [0.3, 0.4) is 0 Å². The molecule has 3 N–H and O–H groups in total. The van der Waals surface area contributed by atoms with E-state index in [1.807, 2.05) is 0 Å². The van der Waals surface area contributed by atoms with Gasteiger partial charge in [0, 0.05) is 37.7 Å². The monoisotopic (exact) mass is 473 g/mol. The molecule has 1 amide bonds. The average Bonchev–Trinajstić information content (AvgIpc) is 3.50. The molecule has 2 aliphatic rings. The summed E-state index contributed by atoms with van der Waals surface area (Å²) in [6.45, 7) is 5.32. The molecule has 1 atom stereocenters. The number of carbonyl (C=O) groups is 1. The smallest absolute Gasteiger partial charge is 0.258 e. The molecular formula is C23H31N5O4S. The molecule has 2 fully saturated rings. The van der Waals surface area contributed by atoms with Gasteiger partial charge in [-0.2, -0.15) is 4.98 Å². The van der Waals surface area contributed by atoms with E-state index in [0.717, 1.165) is 25.9 Å². The summed E-state index contributed by atoms with van der Waals surface area (Å²) in [6.07, 6.45) is 5.24. The number of amides is 1. The van der Waals surface area contributed by atoms with Gasteiger partial charge in [-0.15, -0.1) is 0 Å². The van der Waals surface area contributed by atoms with E-state index in [9.17, 15) is 18.3 Å². The molecule has 2 aromatic rings. The van der Waals surface area contributed by atoms with Crippen LogP contribution in [0.2, 0.25) is 0 Å². The minimum absolute atomic E-state index is 0.197. The second kappa shape index (κ2) is 8.90. The molecule has 178 valence electrons. The Morgan fingerprint density at radius 1 is 1.18 bits per heavy atom. The van der Waals surface area contributed by atoms with Crippen LogP contribution in [0.15, 0.2) is 29.2 Å². The summed E-state index contributed by atoms with van der Waals surface area (Å²) in [5.41, 5.74) is 2.15. The number of hydrogen-bond acceptors (Lipinski definition) is 8. The minimum atomic E-state index is -3.41. The highest BCUT2D eigenvalue weighted by atomic mass is 32.2. The van der Waals surface area contributed by atoms with Gasteiger partial charge < -0.3 is 20.6 Å². The fraction of sp³-hybridized carbons (Fsp3) is 0.522. The van der Waals surface area contributed by atoms with Crippen LogP contribution >= 0.6 is 0 Å². The highest BCUT2D eigenvalue weighted by molar-refractivity contribution is 7.90. The van der Waals surface area contributed by atoms with Gasteiger partial charge in [-0.05, 0) is 63.1 Å². The molecule has 1 aliphatic carbocycles. The Morgan fingerprint density at radius 2 is 1.88 bits per heavy atom. The van der Waals surface area contributed by atoms with Crippen LogP contribution < -0.4 is 15.5 Å². The van der Waals surface area contributed by atoms with Crippen LogP contribution in [0.25, 0.3) is 0 Å². The molecule has 1 aromatic heterocycles. The van der Waals surface area contributed by atoms with E-state index >= 15 is 0 Å². The van der Waals surface area contributed by atoms with Gasteiger partial charge in [0.05, 0.1) is 22.3 Å². The van der Waals surface area contributed by atoms with Crippen LogP contribution in [0.4, 0.5) is 17.5 Å². The van der Waals surface area contributed by atoms with Crippen molar-refractivity contribution in [3.63, 3.8) is 0 Å². The second-order valence-corrected chi connectivity index (χ2v) is 11.4. The van der Waals surface area contributed by atoms with E-state index in [0.29, 0.717) is 34.1 Å². The van der Waals surface area contributed by atoms with Crippen molar-refractivity contribution in [2.75, 3.05) is 41.4 Å². The van der Waals surface area contributed by atoms with Gasteiger partial charge in [0.2, 0.25) is 5.95 Å². The molecule has 10 heteroatoms. The molecular weight excluding hydrogens is 442 g/mol. The Kier molecular flexibility index (Phi) is 6.32. The maximum Gasteiger partial charge on any atom is 0.258 e. The number of benzene rings is 1. The molecule has 1 saturated carbocycles. The van der Waals surface area contributed by atoms with E-state index < -0.39 is 15.9 Å². The number of hydrogen-bond donors (Lipinski definition) is 3. The van der Waals surface area contributed by atoms with Crippen molar-refractivity contribution in [1.82, 2.24) is 9.97 Å². The first kappa shape index (κ1) is 23.4. The summed E-state index contributed by atoms with van der Waals surface area (Å²) in [5, 5.41) is 15.2. The lowest BCUT2D eigenvalue weighted by atomic mass is 9.93. The zero-order chi connectivity index (χ0) is 23.8. The third-order valence-corrected chi connectivity index (χ3v) is 7.53. The van der Waals surface area contributed by atoms with E-state index in [4.69, 9.17) is 0 Å². The zero-order valence-corrected chi connectivity index (χ0v) is 20.1. The van der Waals surface area contributed by atoms with Gasteiger partial charge in [0.15, 0.2) is 9.84 Å². The van der Waals surface area contributed by atoms with Gasteiger partial charge in [-0.1, -0.05) is 0 Å². The number of sulfone groups is 1. The predicted octanol–water partition coefficient (Wildman–Crippen LogP) is 2.61. The Bertz CT molecular complexity index is 1150. The predicted molar refractivity (Wildman–Crippen MR) is 128 cm³/mol. The number of aromatic nitrogens is 2. The Labute approximate surface area is 194 Å². The van der Waals surface area contributed by atoms with Crippen LogP contribution in [0.5, 0.6) is 0 Å². The summed E-state index contributed by atoms with van der Waals surface area (Å²) < 4.78 is 24.4. The third-order valence-electron chi connectivity index (χ3n) is 6.42. The quantitative estimate of drug-likeness (QED) is 0.561. The van der Waals surface area contributed by atoms with Crippen LogP contribution in [0.1, 0.15) is 48.7 Å². The fourth-order valence-corrected chi connectivity index (χ4v) is 4.87. The zero-order valence-electron chi connectivity index (χ0n) is 19.3. The summed E-state index contributed by atoms with van der Waals surface area (Å²) >= 11 is 0. The highest BCUT2D eigenvalue weighted by Crippen LogP contribution is 2.54. The number of piperidine rings is 1. The molecule has 2 heterocycles. The molecule has 1 saturated heterocycles. The molecule has 1 aromatic carbocycles. The number of nitrogens with one attached hydrogen (secondary N) is 2. The van der Waals surface area contributed by atoms with Gasteiger partial charge >= 0.3 is 0 Å². The standard InChI is InChI=1S/C23H31N5O4S/c1-15-12-20(27-22(25-15)24-14-16(2)29)26-21(30)18-5-4-17(33(3,31)32)13-19(18)28-10-8-23(6-7-23)9-11-28/h4-5,12-13,16,29H,6-11,14H2,1-3H3,(H2,24,25,26,27,30). The Hall–Kier alpha value is -2.72. The van der Waals surface area contributed by atoms with E-state index in [1.165, 1.54) is 25.2 Å². The number of nitrogens with zero attached hydrogens (tertiary/aromatic N) is 3. The van der Waals surface area contributed by atoms with Gasteiger partial charge in [0.1, 0.15) is 5.82 Å². The Morgan fingerprint density at radius 3 is 2.48 bits per heavy atom. The topological polar surface area (TPSA) is 125 Å². The molecule has 0 radical (unpaired) electrons. The lowest BCUT2D eigenvalue weighted by Crippen LogP contribution is -2.35. The number of aryl methyl sites for hydroxylation is 1. The third kappa shape index (κ3) is 5.62. The molecule has 9 nitrogen and oxygen atoms in total. The number of anilines is 3. The van der Waals surface area contributed by atoms with E-state index in [2.05, 4.69) is 25.5 Å². The molecule has 4 rings (SSSR count). The highest BCUT2D eigenvalue weighted by Gasteiger charge is 2.44. The van der Waals surface area contributed by atoms with Crippen LogP contribution in [-0.4, -0.2) is 61.4 Å². The number of aliphatic hydroxyl groups is 1. The number of rotatable bonds is 7. The fourth-order valence-electron chi connectivity index (χ4n) is 4.23. The van der Waals surface area contributed by atoms with Crippen molar-refractivity contribution < 1.29 is 18.3 Å². The first-order valence-corrected chi connectivity index (χ1v) is 13.1. The number of carbonyl (C=O) groups excluding carboxylic acids is 1. The maximum absolute atomic E-state index is 13.3. The lowest BCUT2D eigenvalue weighted by Gasteiger charge is -2.35. The van der Waals surface area contributed by atoms with E-state index in [-0.39, 0.29) is 17.3 Å². The second-order valence-electron chi connectivity index (χ2n) is 9.34. The molecule has 33 heavy (non-hydrogen) atoms. The van der Waals surface area contributed by atoms with Crippen molar-refractivity contribution in [1.29, 1.82) is 0 Å². The van der Waals surface area contributed by atoms with Crippen molar-refractivity contribution in [2.24, 2.45) is 5.41 Å². The van der Waals surface area contributed by atoms with Crippen LogP contribution in [-0.2, 0) is 9.84 Å². The molecule has 1 unspecified atom stereocenters. The van der Waals surface area contributed by atoms with Crippen molar-refractivity contribution >= 4 is 33.2 Å². The van der Waals surface area contributed by atoms with E-state index in [1.54, 1.807) is 32.0 Å². The molecule has 0 bridgehead atoms. The van der Waals surface area contributed by atoms with Crippen molar-refractivity contribution in [3.8, 4) is 0 Å². The maximum atomic E-state index is 13.3. The van der Waals surface area contributed by atoms with Crippen molar-refractivity contribution in [3.05, 3.63) is 35.5 Å². The van der Waals surface area contributed by atoms with Gasteiger partial charge in [-0.25, -0.2) is 13.4 Å². The molecule has 1 spiro atoms. The molecule has 1 aliphatic heterocycles. The summed E-state index contributed by atoms with van der Waals surface area (Å²) in [5.74, 6) is 0.273. The first-order valence-electron chi connectivity index (χ1n) is 11.2. The number of aliphatic hydroxyl groups excluding tert-OH is 1. The summed E-state index contributed by atoms with van der Waals surface area (Å²) in [4.78, 5) is 24.2. The average molecular weight is 474 g/mol. The largest absolute Gasteiger partial charge is 0.392 e. The van der Waals surface area contributed by atoms with Crippen LogP contribution in [0, 0.1) is 12.3 Å². The van der Waals surface area contributed by atoms with Gasteiger partial charge in [0.25, 0.3) is 5.91 Å².